The minimum atomic E-state index is -0.370. The molecule has 1 saturated carbocycles. The summed E-state index contributed by atoms with van der Waals surface area (Å²) in [4.78, 5) is 12.3. The normalized spacial score (nSPS) is 28.1. The maximum absolute atomic E-state index is 12.3. The molecule has 2 rings (SSSR count). The standard InChI is InChI=1S/C18H28N2O2/c1-6-7-8-12(2)13(3)22-11-18(4,5)20-17(21)16-14-9-19-10-15(14)16/h6-8,14-16,19H,1,9-11H2,2-5H3,(H,20,21)/b8-7-,13-12+. The van der Waals surface area contributed by atoms with Crippen molar-refractivity contribution in [2.24, 2.45) is 17.8 Å². The number of rotatable bonds is 7. The molecule has 1 heterocycles. The summed E-state index contributed by atoms with van der Waals surface area (Å²) >= 11 is 0. The number of fused-ring (bicyclic) bond motifs is 1. The molecule has 0 aromatic heterocycles. The third-order valence-corrected chi connectivity index (χ3v) is 4.54. The van der Waals surface area contributed by atoms with Crippen LogP contribution in [0.1, 0.15) is 27.7 Å². The number of carbonyl (C=O) groups is 1. The van der Waals surface area contributed by atoms with Crippen LogP contribution in [0.3, 0.4) is 0 Å². The number of carbonyl (C=O) groups excluding carboxylic acids is 1. The van der Waals surface area contributed by atoms with E-state index in [9.17, 15) is 4.79 Å². The Hall–Kier alpha value is -1.55. The molecular formula is C18H28N2O2. The minimum absolute atomic E-state index is 0.176. The van der Waals surface area contributed by atoms with Crippen LogP contribution in [0.2, 0.25) is 0 Å². The molecule has 1 aliphatic heterocycles. The fraction of sp³-hybridized carbons (Fsp3) is 0.611. The summed E-state index contributed by atoms with van der Waals surface area (Å²) in [6.45, 7) is 14.0. The van der Waals surface area contributed by atoms with Crippen LogP contribution in [0.15, 0.2) is 36.1 Å². The van der Waals surface area contributed by atoms with E-state index in [2.05, 4.69) is 17.2 Å². The quantitative estimate of drug-likeness (QED) is 0.561. The largest absolute Gasteiger partial charge is 0.496 e. The highest BCUT2D eigenvalue weighted by atomic mass is 16.5. The van der Waals surface area contributed by atoms with Gasteiger partial charge in [0.25, 0.3) is 0 Å². The van der Waals surface area contributed by atoms with E-state index in [1.54, 1.807) is 6.08 Å². The fourth-order valence-corrected chi connectivity index (χ4v) is 2.99. The van der Waals surface area contributed by atoms with Gasteiger partial charge >= 0.3 is 0 Å². The predicted molar refractivity (Wildman–Crippen MR) is 89.2 cm³/mol. The first-order chi connectivity index (χ1) is 10.4. The van der Waals surface area contributed by atoms with E-state index >= 15 is 0 Å². The van der Waals surface area contributed by atoms with Crippen LogP contribution in [0.5, 0.6) is 0 Å². The highest BCUT2D eigenvalue weighted by Gasteiger charge is 2.57. The molecule has 2 unspecified atom stereocenters. The van der Waals surface area contributed by atoms with Crippen LogP contribution < -0.4 is 10.6 Å². The average Bonchev–Trinajstić information content (AvgIpc) is 2.95. The Balaban J connectivity index is 1.82. The molecule has 4 nitrogen and oxygen atoms in total. The summed E-state index contributed by atoms with van der Waals surface area (Å²) in [5.74, 6) is 2.34. The van der Waals surface area contributed by atoms with Crippen LogP contribution in [0.4, 0.5) is 0 Å². The topological polar surface area (TPSA) is 50.4 Å². The predicted octanol–water partition coefficient (Wildman–Crippen LogP) is 2.40. The Morgan fingerprint density at radius 1 is 1.36 bits per heavy atom. The van der Waals surface area contributed by atoms with Gasteiger partial charge in [0.05, 0.1) is 11.3 Å². The molecule has 122 valence electrons. The SMILES string of the molecule is C=C/C=C\C(C)=C(/C)OCC(C)(C)NC(=O)C1C2CNCC21. The summed E-state index contributed by atoms with van der Waals surface area (Å²) in [6.07, 6.45) is 5.59. The van der Waals surface area contributed by atoms with Gasteiger partial charge in [0.15, 0.2) is 0 Å². The van der Waals surface area contributed by atoms with Crippen LogP contribution >= 0.6 is 0 Å². The van der Waals surface area contributed by atoms with Crippen molar-refractivity contribution in [3.05, 3.63) is 36.1 Å². The van der Waals surface area contributed by atoms with Gasteiger partial charge in [-0.2, -0.15) is 0 Å². The number of ether oxygens (including phenoxy) is 1. The van der Waals surface area contributed by atoms with Gasteiger partial charge in [-0.3, -0.25) is 4.79 Å². The number of hydrogen-bond acceptors (Lipinski definition) is 3. The lowest BCUT2D eigenvalue weighted by molar-refractivity contribution is -0.125. The Morgan fingerprint density at radius 2 is 2.00 bits per heavy atom. The molecule has 2 fully saturated rings. The first-order valence-corrected chi connectivity index (χ1v) is 7.98. The molecule has 0 radical (unpaired) electrons. The van der Waals surface area contributed by atoms with E-state index in [0.29, 0.717) is 18.4 Å². The fourth-order valence-electron chi connectivity index (χ4n) is 2.99. The Kier molecular flexibility index (Phi) is 5.12. The van der Waals surface area contributed by atoms with Crippen molar-refractivity contribution < 1.29 is 9.53 Å². The average molecular weight is 304 g/mol. The van der Waals surface area contributed by atoms with Gasteiger partial charge < -0.3 is 15.4 Å². The Labute approximate surface area is 133 Å². The van der Waals surface area contributed by atoms with E-state index in [0.717, 1.165) is 24.4 Å². The Morgan fingerprint density at radius 3 is 2.59 bits per heavy atom. The smallest absolute Gasteiger partial charge is 0.224 e. The molecule has 0 spiro atoms. The zero-order valence-corrected chi connectivity index (χ0v) is 14.1. The molecule has 4 heteroatoms. The summed E-state index contributed by atoms with van der Waals surface area (Å²) in [6, 6.07) is 0. The van der Waals surface area contributed by atoms with Crippen molar-refractivity contribution in [2.45, 2.75) is 33.2 Å². The molecule has 22 heavy (non-hydrogen) atoms. The van der Waals surface area contributed by atoms with Crippen molar-refractivity contribution in [2.75, 3.05) is 19.7 Å². The van der Waals surface area contributed by atoms with E-state index in [1.165, 1.54) is 0 Å². The number of hydrogen-bond donors (Lipinski definition) is 2. The van der Waals surface area contributed by atoms with E-state index < -0.39 is 0 Å². The molecule has 2 aliphatic rings. The minimum Gasteiger partial charge on any atom is -0.496 e. The van der Waals surface area contributed by atoms with Crippen LogP contribution in [-0.4, -0.2) is 31.1 Å². The van der Waals surface area contributed by atoms with Gasteiger partial charge in [-0.1, -0.05) is 24.8 Å². The van der Waals surface area contributed by atoms with Crippen molar-refractivity contribution in [1.29, 1.82) is 0 Å². The monoisotopic (exact) mass is 304 g/mol. The van der Waals surface area contributed by atoms with Gasteiger partial charge in [0, 0.05) is 5.92 Å². The second-order valence-electron chi connectivity index (χ2n) is 7.01. The maximum atomic E-state index is 12.3. The second kappa shape index (κ2) is 6.69. The zero-order valence-electron chi connectivity index (χ0n) is 14.1. The highest BCUT2D eigenvalue weighted by Crippen LogP contribution is 2.48. The van der Waals surface area contributed by atoms with Gasteiger partial charge in [-0.05, 0) is 58.2 Å². The molecule has 2 atom stereocenters. The number of amides is 1. The Bertz CT molecular complexity index is 495. The van der Waals surface area contributed by atoms with Crippen molar-refractivity contribution in [3.63, 3.8) is 0 Å². The van der Waals surface area contributed by atoms with E-state index in [4.69, 9.17) is 4.74 Å². The summed E-state index contributed by atoms with van der Waals surface area (Å²) in [7, 11) is 0. The molecule has 0 aromatic rings. The van der Waals surface area contributed by atoms with Crippen molar-refractivity contribution >= 4 is 5.91 Å². The molecule has 1 aliphatic carbocycles. The number of nitrogens with one attached hydrogen (secondary N) is 2. The second-order valence-corrected chi connectivity index (χ2v) is 7.01. The lowest BCUT2D eigenvalue weighted by atomic mass is 10.1. The van der Waals surface area contributed by atoms with Gasteiger partial charge in [-0.15, -0.1) is 0 Å². The van der Waals surface area contributed by atoms with E-state index in [-0.39, 0.29) is 17.4 Å². The lowest BCUT2D eigenvalue weighted by Crippen LogP contribution is -2.48. The molecule has 0 aromatic carbocycles. The molecule has 2 N–H and O–H groups in total. The third-order valence-electron chi connectivity index (χ3n) is 4.54. The van der Waals surface area contributed by atoms with Crippen LogP contribution in [0, 0.1) is 17.8 Å². The lowest BCUT2D eigenvalue weighted by Gasteiger charge is -2.27. The first-order valence-electron chi connectivity index (χ1n) is 7.98. The van der Waals surface area contributed by atoms with Gasteiger partial charge in [0.2, 0.25) is 5.91 Å². The molecule has 0 bridgehead atoms. The number of allylic oxidation sites excluding steroid dienone is 5. The third kappa shape index (κ3) is 4.01. The van der Waals surface area contributed by atoms with Gasteiger partial charge in [-0.25, -0.2) is 0 Å². The van der Waals surface area contributed by atoms with E-state index in [1.807, 2.05) is 39.8 Å². The van der Waals surface area contributed by atoms with Gasteiger partial charge in [0.1, 0.15) is 6.61 Å². The maximum Gasteiger partial charge on any atom is 0.224 e. The molecule has 1 amide bonds. The van der Waals surface area contributed by atoms with Crippen molar-refractivity contribution in [1.82, 2.24) is 10.6 Å². The molecule has 1 saturated heterocycles. The highest BCUT2D eigenvalue weighted by molar-refractivity contribution is 5.83. The summed E-state index contributed by atoms with van der Waals surface area (Å²) < 4.78 is 5.83. The summed E-state index contributed by atoms with van der Waals surface area (Å²) in [5.41, 5.74) is 0.690. The van der Waals surface area contributed by atoms with Crippen LogP contribution in [-0.2, 0) is 9.53 Å². The van der Waals surface area contributed by atoms with Crippen molar-refractivity contribution in [3.8, 4) is 0 Å². The number of piperidine rings is 1. The van der Waals surface area contributed by atoms with Crippen LogP contribution in [0.25, 0.3) is 0 Å². The molecular weight excluding hydrogens is 276 g/mol. The summed E-state index contributed by atoms with van der Waals surface area (Å²) in [5, 5.41) is 6.45. The zero-order chi connectivity index (χ0) is 16.3. The first kappa shape index (κ1) is 16.8.